The van der Waals surface area contributed by atoms with Crippen LogP contribution in [0.2, 0.25) is 0 Å². The van der Waals surface area contributed by atoms with Crippen LogP contribution >= 0.6 is 34.3 Å². The van der Waals surface area contributed by atoms with Gasteiger partial charge in [0.15, 0.2) is 5.01 Å². The number of aryl methyl sites for hydroxylation is 1. The second kappa shape index (κ2) is 3.96. The highest BCUT2D eigenvalue weighted by Crippen LogP contribution is 2.33. The molecule has 0 aromatic carbocycles. The zero-order chi connectivity index (χ0) is 10.1. The molecule has 14 heavy (non-hydrogen) atoms. The third-order valence-corrected chi connectivity index (χ3v) is 4.45. The normalized spacial score (nSPS) is 13.1. The first-order chi connectivity index (χ1) is 6.68. The largest absolute Gasteiger partial charge is 0.158 e. The van der Waals surface area contributed by atoms with Gasteiger partial charge in [0.2, 0.25) is 0 Å². The fraction of sp³-hybridized carbons (Fsp3) is 0.333. The summed E-state index contributed by atoms with van der Waals surface area (Å²) in [7, 11) is 0. The van der Waals surface area contributed by atoms with Crippen molar-refractivity contribution in [3.63, 3.8) is 0 Å². The van der Waals surface area contributed by atoms with Crippen molar-refractivity contribution < 1.29 is 0 Å². The van der Waals surface area contributed by atoms with Gasteiger partial charge < -0.3 is 0 Å². The first-order valence-corrected chi connectivity index (χ1v) is 6.33. The maximum Gasteiger partial charge on any atom is 0.158 e. The Morgan fingerprint density at radius 1 is 1.43 bits per heavy atom. The van der Waals surface area contributed by atoms with Crippen molar-refractivity contribution in [2.45, 2.75) is 19.2 Å². The lowest BCUT2D eigenvalue weighted by molar-refractivity contribution is 0.963. The Morgan fingerprint density at radius 2 is 2.21 bits per heavy atom. The molecule has 2 aromatic rings. The quantitative estimate of drug-likeness (QED) is 0.750. The SMILES string of the molecule is Cc1ccsc1-c1nnc(C(C)Cl)s1. The molecule has 0 bridgehead atoms. The third-order valence-electron chi connectivity index (χ3n) is 1.84. The highest BCUT2D eigenvalue weighted by atomic mass is 35.5. The Kier molecular flexibility index (Phi) is 2.85. The van der Waals surface area contributed by atoms with Gasteiger partial charge in [-0.05, 0) is 30.9 Å². The van der Waals surface area contributed by atoms with E-state index in [2.05, 4.69) is 28.6 Å². The van der Waals surface area contributed by atoms with Crippen molar-refractivity contribution in [3.05, 3.63) is 22.0 Å². The van der Waals surface area contributed by atoms with Crippen LogP contribution in [-0.4, -0.2) is 10.2 Å². The third kappa shape index (κ3) is 1.82. The van der Waals surface area contributed by atoms with Crippen molar-refractivity contribution in [1.82, 2.24) is 10.2 Å². The van der Waals surface area contributed by atoms with Gasteiger partial charge in [0.05, 0.1) is 10.3 Å². The lowest BCUT2D eigenvalue weighted by Crippen LogP contribution is -1.80. The van der Waals surface area contributed by atoms with Crippen LogP contribution < -0.4 is 0 Å². The van der Waals surface area contributed by atoms with E-state index in [0.717, 1.165) is 10.0 Å². The van der Waals surface area contributed by atoms with Gasteiger partial charge in [-0.2, -0.15) is 0 Å². The second-order valence-corrected chi connectivity index (χ2v) is 5.57. The smallest absolute Gasteiger partial charge is 0.142 e. The lowest BCUT2D eigenvalue weighted by atomic mass is 10.3. The Balaban J connectivity index is 2.39. The Hall–Kier alpha value is -0.450. The highest BCUT2D eigenvalue weighted by molar-refractivity contribution is 7.21. The Labute approximate surface area is 95.6 Å². The van der Waals surface area contributed by atoms with Crippen molar-refractivity contribution in [3.8, 4) is 9.88 Å². The van der Waals surface area contributed by atoms with Crippen LogP contribution in [0.3, 0.4) is 0 Å². The molecule has 0 saturated heterocycles. The topological polar surface area (TPSA) is 25.8 Å². The summed E-state index contributed by atoms with van der Waals surface area (Å²) >= 11 is 9.19. The van der Waals surface area contributed by atoms with E-state index in [4.69, 9.17) is 11.6 Å². The molecule has 0 fully saturated rings. The van der Waals surface area contributed by atoms with E-state index in [1.54, 1.807) is 22.7 Å². The number of halogens is 1. The van der Waals surface area contributed by atoms with Crippen molar-refractivity contribution in [2.75, 3.05) is 0 Å². The summed E-state index contributed by atoms with van der Waals surface area (Å²) in [5, 5.41) is 12.1. The van der Waals surface area contributed by atoms with Gasteiger partial charge in [-0.25, -0.2) is 0 Å². The van der Waals surface area contributed by atoms with Crippen LogP contribution in [0.1, 0.15) is 22.9 Å². The number of alkyl halides is 1. The van der Waals surface area contributed by atoms with Crippen LogP contribution in [0.15, 0.2) is 11.4 Å². The van der Waals surface area contributed by atoms with Crippen LogP contribution in [0.25, 0.3) is 9.88 Å². The number of hydrogen-bond acceptors (Lipinski definition) is 4. The van der Waals surface area contributed by atoms with Crippen molar-refractivity contribution >= 4 is 34.3 Å². The van der Waals surface area contributed by atoms with Gasteiger partial charge in [-0.1, -0.05) is 11.3 Å². The number of aromatic nitrogens is 2. The summed E-state index contributed by atoms with van der Waals surface area (Å²) in [5.41, 5.74) is 1.25. The average molecular weight is 245 g/mol. The molecule has 0 amide bonds. The molecule has 0 radical (unpaired) electrons. The summed E-state index contributed by atoms with van der Waals surface area (Å²) < 4.78 is 0. The summed E-state index contributed by atoms with van der Waals surface area (Å²) in [5.74, 6) is 0. The molecule has 1 unspecified atom stereocenters. The molecule has 1 atom stereocenters. The van der Waals surface area contributed by atoms with E-state index in [0.29, 0.717) is 0 Å². The number of hydrogen-bond donors (Lipinski definition) is 0. The molecule has 2 rings (SSSR count). The molecule has 2 heterocycles. The van der Waals surface area contributed by atoms with Gasteiger partial charge in [-0.3, -0.25) is 0 Å². The molecular weight excluding hydrogens is 236 g/mol. The van der Waals surface area contributed by atoms with Crippen LogP contribution in [-0.2, 0) is 0 Å². The van der Waals surface area contributed by atoms with Gasteiger partial charge in [0, 0.05) is 0 Å². The van der Waals surface area contributed by atoms with E-state index < -0.39 is 0 Å². The number of nitrogens with zero attached hydrogens (tertiary/aromatic N) is 2. The Morgan fingerprint density at radius 3 is 2.71 bits per heavy atom. The van der Waals surface area contributed by atoms with Gasteiger partial charge in [-0.15, -0.1) is 33.1 Å². The molecule has 5 heteroatoms. The monoisotopic (exact) mass is 244 g/mol. The summed E-state index contributed by atoms with van der Waals surface area (Å²) in [4.78, 5) is 1.20. The van der Waals surface area contributed by atoms with Gasteiger partial charge >= 0.3 is 0 Å². The standard InChI is InChI=1S/C9H9ClN2S2/c1-5-3-4-13-7(5)9-12-11-8(14-9)6(2)10/h3-4,6H,1-2H3. The molecule has 0 aliphatic rings. The fourth-order valence-corrected chi connectivity index (χ4v) is 3.11. The van der Waals surface area contributed by atoms with E-state index >= 15 is 0 Å². The summed E-state index contributed by atoms with van der Waals surface area (Å²) in [6.07, 6.45) is 0. The number of thiophene rings is 1. The van der Waals surface area contributed by atoms with Gasteiger partial charge in [0.1, 0.15) is 5.01 Å². The average Bonchev–Trinajstić information content (AvgIpc) is 2.71. The first-order valence-electron chi connectivity index (χ1n) is 4.20. The molecule has 0 aliphatic heterocycles. The molecule has 2 nitrogen and oxygen atoms in total. The van der Waals surface area contributed by atoms with E-state index in [-0.39, 0.29) is 5.38 Å². The molecule has 0 saturated carbocycles. The number of rotatable bonds is 2. The van der Waals surface area contributed by atoms with E-state index in [9.17, 15) is 0 Å². The predicted molar refractivity (Wildman–Crippen MR) is 62.2 cm³/mol. The highest BCUT2D eigenvalue weighted by Gasteiger charge is 2.12. The van der Waals surface area contributed by atoms with Crippen LogP contribution in [0.4, 0.5) is 0 Å². The predicted octanol–water partition coefficient (Wildman–Crippen LogP) is 3.87. The zero-order valence-corrected chi connectivity index (χ0v) is 10.2. The molecule has 74 valence electrons. The van der Waals surface area contributed by atoms with Crippen molar-refractivity contribution in [1.29, 1.82) is 0 Å². The van der Waals surface area contributed by atoms with E-state index in [1.165, 1.54) is 10.4 Å². The van der Waals surface area contributed by atoms with Crippen molar-refractivity contribution in [2.24, 2.45) is 0 Å². The molecule has 2 aromatic heterocycles. The van der Waals surface area contributed by atoms with Gasteiger partial charge in [0.25, 0.3) is 0 Å². The molecular formula is C9H9ClN2S2. The fourth-order valence-electron chi connectivity index (χ4n) is 1.08. The zero-order valence-electron chi connectivity index (χ0n) is 7.82. The first kappa shape index (κ1) is 10.1. The maximum absolute atomic E-state index is 5.93. The molecule has 0 N–H and O–H groups in total. The maximum atomic E-state index is 5.93. The second-order valence-electron chi connectivity index (χ2n) is 2.99. The van der Waals surface area contributed by atoms with Crippen LogP contribution in [0, 0.1) is 6.92 Å². The lowest BCUT2D eigenvalue weighted by Gasteiger charge is -1.92. The molecule has 0 spiro atoms. The summed E-state index contributed by atoms with van der Waals surface area (Å²) in [6.45, 7) is 3.99. The summed E-state index contributed by atoms with van der Waals surface area (Å²) in [6, 6.07) is 2.09. The molecule has 0 aliphatic carbocycles. The minimum atomic E-state index is -0.0541. The minimum Gasteiger partial charge on any atom is -0.142 e. The van der Waals surface area contributed by atoms with E-state index in [1.807, 2.05) is 6.92 Å². The Bertz CT molecular complexity index is 433. The minimum absolute atomic E-state index is 0.0541. The van der Waals surface area contributed by atoms with Crippen LogP contribution in [0.5, 0.6) is 0 Å².